The van der Waals surface area contributed by atoms with Gasteiger partial charge < -0.3 is 4.74 Å². The Morgan fingerprint density at radius 3 is 2.13 bits per heavy atom. The Labute approximate surface area is 84.6 Å². The molecule has 8 heteroatoms. The van der Waals surface area contributed by atoms with Crippen LogP contribution in [0.15, 0.2) is 0 Å². The van der Waals surface area contributed by atoms with E-state index in [2.05, 4.69) is 4.74 Å². The highest BCUT2D eigenvalue weighted by Crippen LogP contribution is 2.53. The smallest absolute Gasteiger partial charge is 0.313 e. The molecule has 0 spiro atoms. The van der Waals surface area contributed by atoms with Crippen LogP contribution in [0.5, 0.6) is 0 Å². The maximum absolute atomic E-state index is 12.6. The third-order valence-electron chi connectivity index (χ3n) is 2.26. The first-order valence-electron chi connectivity index (χ1n) is 3.99. The van der Waals surface area contributed by atoms with Gasteiger partial charge in [0.05, 0.1) is 18.3 Å². The summed E-state index contributed by atoms with van der Waals surface area (Å²) in [6.07, 6.45) is -1.98. The molecule has 1 saturated carbocycles. The summed E-state index contributed by atoms with van der Waals surface area (Å²) in [5.74, 6) is -5.49. The number of hydrogen-bond acceptors (Lipinski definition) is 4. The predicted molar refractivity (Wildman–Crippen MR) is 43.5 cm³/mol. The monoisotopic (exact) mass is 246 g/mol. The highest BCUT2D eigenvalue weighted by Gasteiger charge is 2.63. The van der Waals surface area contributed by atoms with Crippen LogP contribution in [0.2, 0.25) is 0 Å². The van der Waals surface area contributed by atoms with Gasteiger partial charge in [-0.2, -0.15) is 8.42 Å². The number of carbonyl (C=O) groups excluding carboxylic acids is 1. The van der Waals surface area contributed by atoms with Crippen molar-refractivity contribution in [2.75, 3.05) is 12.9 Å². The van der Waals surface area contributed by atoms with Crippen molar-refractivity contribution in [1.29, 1.82) is 0 Å². The van der Waals surface area contributed by atoms with Crippen LogP contribution in [0.4, 0.5) is 12.7 Å². The van der Waals surface area contributed by atoms with E-state index in [0.29, 0.717) is 0 Å². The molecule has 1 aliphatic carbocycles. The van der Waals surface area contributed by atoms with Gasteiger partial charge in [0.1, 0.15) is 0 Å². The summed E-state index contributed by atoms with van der Waals surface area (Å²) in [6.45, 7) is 0. The van der Waals surface area contributed by atoms with E-state index in [-0.39, 0.29) is 0 Å². The van der Waals surface area contributed by atoms with Gasteiger partial charge in [-0.3, -0.25) is 4.79 Å². The third-order valence-corrected chi connectivity index (χ3v) is 3.16. The Morgan fingerprint density at radius 1 is 1.40 bits per heavy atom. The predicted octanol–water partition coefficient (Wildman–Crippen LogP) is 0.874. The van der Waals surface area contributed by atoms with Crippen molar-refractivity contribution in [2.45, 2.75) is 18.8 Å². The molecule has 15 heavy (non-hydrogen) atoms. The van der Waals surface area contributed by atoms with E-state index in [1.807, 2.05) is 0 Å². The van der Waals surface area contributed by atoms with Gasteiger partial charge >= 0.3 is 16.2 Å². The van der Waals surface area contributed by atoms with Gasteiger partial charge in [0, 0.05) is 12.8 Å². The zero-order valence-corrected chi connectivity index (χ0v) is 8.61. The van der Waals surface area contributed by atoms with Gasteiger partial charge in [-0.1, -0.05) is 0 Å². The largest absolute Gasteiger partial charge is 0.469 e. The number of alkyl halides is 2. The third kappa shape index (κ3) is 2.61. The molecule has 0 aliphatic heterocycles. The molecule has 1 rings (SSSR count). The fourth-order valence-electron chi connectivity index (χ4n) is 1.79. The molecule has 0 saturated heterocycles. The van der Waals surface area contributed by atoms with Crippen molar-refractivity contribution in [3.05, 3.63) is 0 Å². The van der Waals surface area contributed by atoms with E-state index in [0.717, 1.165) is 7.11 Å². The van der Waals surface area contributed by atoms with Crippen LogP contribution in [0, 0.1) is 5.41 Å². The molecular weight excluding hydrogens is 237 g/mol. The topological polar surface area (TPSA) is 60.4 Å². The van der Waals surface area contributed by atoms with E-state index in [1.165, 1.54) is 0 Å². The molecule has 1 fully saturated rings. The first kappa shape index (κ1) is 12.3. The van der Waals surface area contributed by atoms with Crippen LogP contribution in [0.3, 0.4) is 0 Å². The number of rotatable bonds is 3. The maximum atomic E-state index is 12.6. The molecular formula is C7H9F3O4S. The second-order valence-electron chi connectivity index (χ2n) is 3.66. The fourth-order valence-corrected chi connectivity index (χ4v) is 2.77. The summed E-state index contributed by atoms with van der Waals surface area (Å²) in [5, 5.41) is 0. The average Bonchev–Trinajstić information content (AvgIpc) is 1.95. The normalized spacial score (nSPS) is 22.9. The lowest BCUT2D eigenvalue weighted by molar-refractivity contribution is -0.191. The molecule has 0 aromatic rings. The Balaban J connectivity index is 2.88. The molecule has 88 valence electrons. The molecule has 0 aromatic heterocycles. The SMILES string of the molecule is COC(=O)C1(CS(=O)(=O)F)CC(F)(F)C1. The molecule has 1 aliphatic rings. The lowest BCUT2D eigenvalue weighted by Crippen LogP contribution is -2.54. The average molecular weight is 246 g/mol. The van der Waals surface area contributed by atoms with E-state index < -0.39 is 46.1 Å². The van der Waals surface area contributed by atoms with Crippen LogP contribution < -0.4 is 0 Å². The lowest BCUT2D eigenvalue weighted by Gasteiger charge is -2.43. The minimum Gasteiger partial charge on any atom is -0.469 e. The van der Waals surface area contributed by atoms with Crippen LogP contribution in [0.25, 0.3) is 0 Å². The van der Waals surface area contributed by atoms with Crippen molar-refractivity contribution in [3.63, 3.8) is 0 Å². The molecule has 0 aromatic carbocycles. The number of hydrogen-bond donors (Lipinski definition) is 0. The highest BCUT2D eigenvalue weighted by atomic mass is 32.3. The highest BCUT2D eigenvalue weighted by molar-refractivity contribution is 7.86. The molecule has 4 nitrogen and oxygen atoms in total. The molecule has 0 heterocycles. The molecule has 0 N–H and O–H groups in total. The number of halogens is 3. The summed E-state index contributed by atoms with van der Waals surface area (Å²) in [5.41, 5.74) is -1.92. The lowest BCUT2D eigenvalue weighted by atomic mass is 9.67. The standard InChI is InChI=1S/C7H9F3O4S/c1-14-5(11)6(4-15(10,12)13)2-7(8,9)3-6/h2-4H2,1H3. The summed E-state index contributed by atoms with van der Waals surface area (Å²) in [6, 6.07) is 0. The Hall–Kier alpha value is -0.790. The second kappa shape index (κ2) is 3.36. The molecule has 0 unspecified atom stereocenters. The second-order valence-corrected chi connectivity index (χ2v) is 5.03. The van der Waals surface area contributed by atoms with E-state index in [4.69, 9.17) is 0 Å². The van der Waals surface area contributed by atoms with Crippen molar-refractivity contribution >= 4 is 16.2 Å². The molecule has 0 amide bonds. The number of methoxy groups -OCH3 is 1. The van der Waals surface area contributed by atoms with Gasteiger partial charge in [0.25, 0.3) is 0 Å². The van der Waals surface area contributed by atoms with Crippen LogP contribution in [-0.4, -0.2) is 33.2 Å². The molecule has 0 radical (unpaired) electrons. The van der Waals surface area contributed by atoms with E-state index in [9.17, 15) is 25.9 Å². The Bertz CT molecular complexity index is 368. The summed E-state index contributed by atoms with van der Waals surface area (Å²) in [7, 11) is -4.05. The van der Waals surface area contributed by atoms with E-state index >= 15 is 0 Å². The summed E-state index contributed by atoms with van der Waals surface area (Å²) in [4.78, 5) is 11.1. The maximum Gasteiger partial charge on any atom is 0.313 e. The molecule has 0 bridgehead atoms. The van der Waals surface area contributed by atoms with Gasteiger partial charge in [0.15, 0.2) is 0 Å². The number of ether oxygens (including phenoxy) is 1. The van der Waals surface area contributed by atoms with Crippen molar-refractivity contribution < 1.29 is 30.6 Å². The number of carbonyl (C=O) groups is 1. The first-order chi connectivity index (χ1) is 6.60. The van der Waals surface area contributed by atoms with Gasteiger partial charge in [-0.05, 0) is 0 Å². The van der Waals surface area contributed by atoms with E-state index in [1.54, 1.807) is 0 Å². The summed E-state index contributed by atoms with van der Waals surface area (Å²) >= 11 is 0. The van der Waals surface area contributed by atoms with Crippen LogP contribution in [0.1, 0.15) is 12.8 Å². The quantitative estimate of drug-likeness (QED) is 0.547. The Morgan fingerprint density at radius 2 is 1.87 bits per heavy atom. The fraction of sp³-hybridized carbons (Fsp3) is 0.857. The minimum atomic E-state index is -4.98. The van der Waals surface area contributed by atoms with Gasteiger partial charge in [-0.15, -0.1) is 3.89 Å². The van der Waals surface area contributed by atoms with Crippen molar-refractivity contribution in [2.24, 2.45) is 5.41 Å². The number of esters is 1. The zero-order valence-electron chi connectivity index (χ0n) is 7.80. The Kier molecular flexibility index (Phi) is 2.75. The first-order valence-corrected chi connectivity index (χ1v) is 5.54. The van der Waals surface area contributed by atoms with Crippen LogP contribution >= 0.6 is 0 Å². The van der Waals surface area contributed by atoms with Crippen LogP contribution in [-0.2, 0) is 19.8 Å². The van der Waals surface area contributed by atoms with Gasteiger partial charge in [0.2, 0.25) is 5.92 Å². The van der Waals surface area contributed by atoms with Crippen molar-refractivity contribution in [3.8, 4) is 0 Å². The molecule has 0 atom stereocenters. The van der Waals surface area contributed by atoms with Crippen molar-refractivity contribution in [1.82, 2.24) is 0 Å². The zero-order chi connectivity index (χ0) is 11.9. The van der Waals surface area contributed by atoms with Gasteiger partial charge in [-0.25, -0.2) is 8.78 Å². The summed E-state index contributed by atoms with van der Waals surface area (Å²) < 4.78 is 62.4. The minimum absolute atomic E-state index is 0.936.